The third kappa shape index (κ3) is 7.65. The fraction of sp³-hybridized carbons (Fsp3) is 0.419. The van der Waals surface area contributed by atoms with Gasteiger partial charge in [0.1, 0.15) is 11.6 Å². The second-order valence-electron chi connectivity index (χ2n) is 10.5. The Morgan fingerprint density at radius 3 is 2.36 bits per heavy atom. The van der Waals surface area contributed by atoms with Crippen LogP contribution in [0.15, 0.2) is 59.5 Å². The number of benzene rings is 2. The quantitative estimate of drug-likeness (QED) is 0.365. The summed E-state index contributed by atoms with van der Waals surface area (Å²) >= 11 is 1.55. The molecule has 4 rings (SSSR count). The predicted molar refractivity (Wildman–Crippen MR) is 152 cm³/mol. The molecular formula is C31H36F2N2O3S. The Kier molecular flexibility index (Phi) is 9.75. The molecule has 0 saturated heterocycles. The third-order valence-electron chi connectivity index (χ3n) is 7.54. The Morgan fingerprint density at radius 1 is 1.03 bits per heavy atom. The highest BCUT2D eigenvalue weighted by atomic mass is 32.2. The average molecular weight is 555 g/mol. The summed E-state index contributed by atoms with van der Waals surface area (Å²) in [6.45, 7) is 3.15. The van der Waals surface area contributed by atoms with E-state index in [1.807, 2.05) is 18.2 Å². The highest BCUT2D eigenvalue weighted by Gasteiger charge is 2.35. The van der Waals surface area contributed by atoms with Crippen molar-refractivity contribution in [2.75, 3.05) is 12.3 Å². The monoisotopic (exact) mass is 554 g/mol. The van der Waals surface area contributed by atoms with Crippen LogP contribution in [0.2, 0.25) is 0 Å². The molecule has 2 aromatic carbocycles. The van der Waals surface area contributed by atoms with Gasteiger partial charge in [-0.1, -0.05) is 43.5 Å². The summed E-state index contributed by atoms with van der Waals surface area (Å²) in [6.07, 6.45) is 8.08. The summed E-state index contributed by atoms with van der Waals surface area (Å²) in [5, 5.41) is 17.6. The minimum atomic E-state index is -0.977. The van der Waals surface area contributed by atoms with E-state index in [4.69, 9.17) is 0 Å². The number of hydrogen-bond donors (Lipinski definition) is 3. The van der Waals surface area contributed by atoms with E-state index in [-0.39, 0.29) is 30.2 Å². The van der Waals surface area contributed by atoms with E-state index in [0.29, 0.717) is 5.56 Å². The zero-order chi connectivity index (χ0) is 28.0. The maximum atomic E-state index is 13.8. The molecule has 1 fully saturated rings. The first kappa shape index (κ1) is 29.2. The van der Waals surface area contributed by atoms with Gasteiger partial charge in [0.15, 0.2) is 5.78 Å². The van der Waals surface area contributed by atoms with E-state index in [2.05, 4.69) is 28.8 Å². The molecular weight excluding hydrogens is 518 g/mol. The summed E-state index contributed by atoms with van der Waals surface area (Å²) in [4.78, 5) is 24.4. The number of rotatable bonds is 10. The van der Waals surface area contributed by atoms with Crippen LogP contribution in [-0.2, 0) is 21.5 Å². The van der Waals surface area contributed by atoms with Crippen molar-refractivity contribution in [2.45, 2.75) is 70.1 Å². The summed E-state index contributed by atoms with van der Waals surface area (Å²) < 4.78 is 27.5. The van der Waals surface area contributed by atoms with Gasteiger partial charge < -0.3 is 15.7 Å². The largest absolute Gasteiger partial charge is 0.390 e. The average Bonchev–Trinajstić information content (AvgIpc) is 2.91. The molecule has 1 aliphatic carbocycles. The fourth-order valence-electron chi connectivity index (χ4n) is 5.54. The van der Waals surface area contributed by atoms with Gasteiger partial charge in [-0.15, -0.1) is 11.8 Å². The lowest BCUT2D eigenvalue weighted by molar-refractivity contribution is -0.120. The Bertz CT molecular complexity index is 1250. The van der Waals surface area contributed by atoms with Gasteiger partial charge in [0.2, 0.25) is 5.91 Å². The van der Waals surface area contributed by atoms with Gasteiger partial charge in [0, 0.05) is 30.8 Å². The predicted octanol–water partition coefficient (Wildman–Crippen LogP) is 5.43. The number of carbonyl (C=O) groups excluding carboxylic acids is 2. The molecule has 2 unspecified atom stereocenters. The van der Waals surface area contributed by atoms with Gasteiger partial charge in [0.05, 0.1) is 17.1 Å². The maximum absolute atomic E-state index is 13.8. The van der Waals surface area contributed by atoms with Crippen LogP contribution in [0.1, 0.15) is 62.6 Å². The molecule has 5 nitrogen and oxygen atoms in total. The first-order chi connectivity index (χ1) is 18.6. The van der Waals surface area contributed by atoms with E-state index in [9.17, 15) is 23.5 Å². The SMILES string of the molecule is CC(=O)NC(Cc1cc(F)cc(F)c1)C(O)CNC1(c2cccc(C3=CC=C(C(C)=O)SC3)c2)CCCCC1. The lowest BCUT2D eigenvalue weighted by Gasteiger charge is -2.40. The van der Waals surface area contributed by atoms with Gasteiger partial charge in [0.25, 0.3) is 0 Å². The van der Waals surface area contributed by atoms with Crippen LogP contribution in [-0.4, -0.2) is 41.2 Å². The molecule has 208 valence electrons. The molecule has 39 heavy (non-hydrogen) atoms. The topological polar surface area (TPSA) is 78.4 Å². The molecule has 2 aromatic rings. The number of ketones is 1. The molecule has 3 N–H and O–H groups in total. The van der Waals surface area contributed by atoms with Crippen LogP contribution >= 0.6 is 11.8 Å². The van der Waals surface area contributed by atoms with Crippen LogP contribution in [0.4, 0.5) is 8.78 Å². The number of aliphatic hydroxyl groups is 1. The lowest BCUT2D eigenvalue weighted by Crippen LogP contribution is -2.53. The number of carbonyl (C=O) groups is 2. The molecule has 0 bridgehead atoms. The molecule has 0 radical (unpaired) electrons. The van der Waals surface area contributed by atoms with Gasteiger partial charge in [-0.25, -0.2) is 8.78 Å². The van der Waals surface area contributed by atoms with Crippen LogP contribution in [0.3, 0.4) is 0 Å². The van der Waals surface area contributed by atoms with Crippen molar-refractivity contribution in [1.82, 2.24) is 10.6 Å². The van der Waals surface area contributed by atoms with E-state index < -0.39 is 23.8 Å². The molecule has 0 spiro atoms. The third-order valence-corrected chi connectivity index (χ3v) is 8.73. The number of amides is 1. The standard InChI is InChI=1S/C31H36F2N2O3S/c1-20(36)30-10-9-24(19-39-30)23-7-6-8-25(16-23)31(11-4-3-5-12-31)34-18-29(38)28(35-21(2)37)15-22-13-26(32)17-27(33)14-22/h6-10,13-14,16-17,28-29,34,38H,3-5,11-12,15,18-19H2,1-2H3,(H,35,37). The number of Topliss-reactive ketones (excluding diaryl/α,β-unsaturated/α-hetero) is 1. The van der Waals surface area contributed by atoms with Crippen molar-refractivity contribution < 1.29 is 23.5 Å². The van der Waals surface area contributed by atoms with Crippen molar-refractivity contribution in [1.29, 1.82) is 0 Å². The number of allylic oxidation sites excluding steroid dienone is 3. The fourth-order valence-corrected chi connectivity index (χ4v) is 6.48. The second-order valence-corrected chi connectivity index (χ2v) is 11.5. The van der Waals surface area contributed by atoms with Gasteiger partial charge >= 0.3 is 0 Å². The molecule has 1 amide bonds. The van der Waals surface area contributed by atoms with Crippen molar-refractivity contribution in [3.05, 3.63) is 87.8 Å². The first-order valence-electron chi connectivity index (χ1n) is 13.5. The summed E-state index contributed by atoms with van der Waals surface area (Å²) in [6, 6.07) is 11.0. The number of hydrogen-bond acceptors (Lipinski definition) is 5. The zero-order valence-electron chi connectivity index (χ0n) is 22.4. The van der Waals surface area contributed by atoms with Crippen LogP contribution in [0.5, 0.6) is 0 Å². The Labute approximate surface area is 233 Å². The Hall–Kier alpha value is -2.81. The number of aliphatic hydroxyl groups excluding tert-OH is 1. The molecule has 2 atom stereocenters. The van der Waals surface area contributed by atoms with Crippen LogP contribution in [0.25, 0.3) is 5.57 Å². The van der Waals surface area contributed by atoms with Crippen molar-refractivity contribution in [3.8, 4) is 0 Å². The van der Waals surface area contributed by atoms with E-state index in [0.717, 1.165) is 65.5 Å². The zero-order valence-corrected chi connectivity index (χ0v) is 23.3. The highest BCUT2D eigenvalue weighted by Crippen LogP contribution is 2.39. The van der Waals surface area contributed by atoms with E-state index >= 15 is 0 Å². The van der Waals surface area contributed by atoms with Crippen molar-refractivity contribution >= 4 is 29.0 Å². The van der Waals surface area contributed by atoms with Gasteiger partial charge in [-0.3, -0.25) is 9.59 Å². The minimum Gasteiger partial charge on any atom is -0.390 e. The second kappa shape index (κ2) is 13.0. The molecule has 1 aliphatic heterocycles. The summed E-state index contributed by atoms with van der Waals surface area (Å²) in [7, 11) is 0. The van der Waals surface area contributed by atoms with E-state index in [1.165, 1.54) is 19.1 Å². The van der Waals surface area contributed by atoms with Gasteiger partial charge in [-0.05, 0) is 72.7 Å². The van der Waals surface area contributed by atoms with Gasteiger partial charge in [-0.2, -0.15) is 0 Å². The molecule has 1 saturated carbocycles. The Balaban J connectivity index is 1.54. The summed E-state index contributed by atoms with van der Waals surface area (Å²) in [5.74, 6) is -0.906. The number of nitrogens with one attached hydrogen (secondary N) is 2. The first-order valence-corrected chi connectivity index (χ1v) is 14.4. The van der Waals surface area contributed by atoms with Crippen molar-refractivity contribution in [3.63, 3.8) is 0 Å². The summed E-state index contributed by atoms with van der Waals surface area (Å²) in [5.41, 5.74) is 3.43. The normalized spacial score (nSPS) is 18.5. The van der Waals surface area contributed by atoms with Crippen LogP contribution in [0, 0.1) is 11.6 Å². The van der Waals surface area contributed by atoms with Crippen LogP contribution < -0.4 is 10.6 Å². The highest BCUT2D eigenvalue weighted by molar-refractivity contribution is 8.04. The van der Waals surface area contributed by atoms with Crippen molar-refractivity contribution in [2.24, 2.45) is 0 Å². The minimum absolute atomic E-state index is 0.0769. The molecule has 8 heteroatoms. The maximum Gasteiger partial charge on any atom is 0.217 e. The molecule has 2 aliphatic rings. The molecule has 1 heterocycles. The number of halogens is 2. The molecule has 0 aromatic heterocycles. The smallest absolute Gasteiger partial charge is 0.217 e. The number of thioether (sulfide) groups is 1. The Morgan fingerprint density at radius 2 is 1.74 bits per heavy atom. The van der Waals surface area contributed by atoms with E-state index in [1.54, 1.807) is 18.7 Å². The lowest BCUT2D eigenvalue weighted by atomic mass is 9.75.